The smallest absolute Gasteiger partial charge is 0.179 e. The zero-order valence-corrected chi connectivity index (χ0v) is 15.0. The Morgan fingerprint density at radius 1 is 1.13 bits per heavy atom. The Kier molecular flexibility index (Phi) is 6.17. The molecule has 0 aliphatic heterocycles. The second kappa shape index (κ2) is 8.11. The molecule has 0 unspecified atom stereocenters. The minimum absolute atomic E-state index is 0.579. The Labute approximate surface area is 143 Å². The molecule has 2 aromatic rings. The summed E-state index contributed by atoms with van der Waals surface area (Å²) in [6, 6.07) is 10.3. The van der Waals surface area contributed by atoms with Crippen LogP contribution in [0.15, 0.2) is 30.3 Å². The van der Waals surface area contributed by atoms with E-state index in [2.05, 4.69) is 44.3 Å². The number of methoxy groups -OCH3 is 1. The number of aryl methyl sites for hydroxylation is 2. The second-order valence-electron chi connectivity index (χ2n) is 5.63. The van der Waals surface area contributed by atoms with E-state index in [9.17, 15) is 0 Å². The quantitative estimate of drug-likeness (QED) is 0.739. The summed E-state index contributed by atoms with van der Waals surface area (Å²) in [6.07, 6.45) is 0.926. The molecule has 1 N–H and O–H groups in total. The van der Waals surface area contributed by atoms with Crippen molar-refractivity contribution >= 4 is 17.3 Å². The van der Waals surface area contributed by atoms with E-state index >= 15 is 0 Å². The maximum atomic E-state index is 6.35. The van der Waals surface area contributed by atoms with E-state index in [1.807, 2.05) is 12.1 Å². The highest BCUT2D eigenvalue weighted by Crippen LogP contribution is 2.36. The highest BCUT2D eigenvalue weighted by Gasteiger charge is 2.12. The van der Waals surface area contributed by atoms with Gasteiger partial charge in [0.25, 0.3) is 0 Å². The molecule has 2 aromatic carbocycles. The van der Waals surface area contributed by atoms with Gasteiger partial charge in [0.05, 0.1) is 18.7 Å². The molecule has 0 saturated carbocycles. The molecule has 3 nitrogen and oxygen atoms in total. The van der Waals surface area contributed by atoms with Gasteiger partial charge in [-0.2, -0.15) is 0 Å². The average molecular weight is 334 g/mol. The first-order chi connectivity index (χ1) is 11.0. The van der Waals surface area contributed by atoms with Gasteiger partial charge in [0.15, 0.2) is 11.5 Å². The monoisotopic (exact) mass is 333 g/mol. The summed E-state index contributed by atoms with van der Waals surface area (Å²) < 4.78 is 11.1. The normalized spacial score (nSPS) is 10.5. The maximum absolute atomic E-state index is 6.35. The summed E-state index contributed by atoms with van der Waals surface area (Å²) in [7, 11) is 1.63. The van der Waals surface area contributed by atoms with Crippen molar-refractivity contribution in [3.8, 4) is 11.5 Å². The fourth-order valence-corrected chi connectivity index (χ4v) is 2.63. The fraction of sp³-hybridized carbons (Fsp3) is 0.368. The lowest BCUT2D eigenvalue weighted by Crippen LogP contribution is -2.04. The van der Waals surface area contributed by atoms with Crippen molar-refractivity contribution in [2.24, 2.45) is 0 Å². The number of hydrogen-bond acceptors (Lipinski definition) is 3. The Balaban J connectivity index is 2.17. The highest BCUT2D eigenvalue weighted by molar-refractivity contribution is 6.32. The Bertz CT molecular complexity index is 671. The summed E-state index contributed by atoms with van der Waals surface area (Å²) in [5.74, 6) is 1.29. The summed E-state index contributed by atoms with van der Waals surface area (Å²) in [5.41, 5.74) is 4.64. The van der Waals surface area contributed by atoms with Crippen LogP contribution in [0.2, 0.25) is 5.02 Å². The van der Waals surface area contributed by atoms with Gasteiger partial charge < -0.3 is 14.8 Å². The van der Waals surface area contributed by atoms with Crippen LogP contribution in [0.3, 0.4) is 0 Å². The topological polar surface area (TPSA) is 30.5 Å². The van der Waals surface area contributed by atoms with Gasteiger partial charge >= 0.3 is 0 Å². The van der Waals surface area contributed by atoms with Crippen LogP contribution >= 0.6 is 11.6 Å². The van der Waals surface area contributed by atoms with Crippen molar-refractivity contribution in [2.75, 3.05) is 19.0 Å². The van der Waals surface area contributed by atoms with E-state index in [0.717, 1.165) is 17.7 Å². The molecule has 0 radical (unpaired) electrons. The third-order valence-electron chi connectivity index (χ3n) is 3.62. The van der Waals surface area contributed by atoms with Gasteiger partial charge in [0, 0.05) is 12.2 Å². The van der Waals surface area contributed by atoms with E-state index in [4.69, 9.17) is 21.1 Å². The zero-order valence-electron chi connectivity index (χ0n) is 14.2. The minimum atomic E-state index is 0.579. The van der Waals surface area contributed by atoms with Crippen LogP contribution < -0.4 is 14.8 Å². The van der Waals surface area contributed by atoms with Crippen LogP contribution in [-0.2, 0) is 6.54 Å². The molecule has 0 fully saturated rings. The van der Waals surface area contributed by atoms with E-state index in [1.165, 1.54) is 11.1 Å². The first kappa shape index (κ1) is 17.5. The second-order valence-corrected chi connectivity index (χ2v) is 6.04. The van der Waals surface area contributed by atoms with Crippen molar-refractivity contribution in [1.29, 1.82) is 0 Å². The summed E-state index contributed by atoms with van der Waals surface area (Å²) >= 11 is 6.35. The largest absolute Gasteiger partial charge is 0.493 e. The van der Waals surface area contributed by atoms with E-state index < -0.39 is 0 Å². The number of nitrogens with one attached hydrogen (secondary N) is 1. The highest BCUT2D eigenvalue weighted by atomic mass is 35.5. The lowest BCUT2D eigenvalue weighted by atomic mass is 10.1. The van der Waals surface area contributed by atoms with Crippen LogP contribution in [0.1, 0.15) is 30.0 Å². The van der Waals surface area contributed by atoms with Gasteiger partial charge in [-0.25, -0.2) is 0 Å². The van der Waals surface area contributed by atoms with E-state index in [1.54, 1.807) is 7.11 Å². The van der Waals surface area contributed by atoms with Gasteiger partial charge in [0.1, 0.15) is 0 Å². The van der Waals surface area contributed by atoms with E-state index in [0.29, 0.717) is 29.7 Å². The number of anilines is 1. The Morgan fingerprint density at radius 2 is 1.91 bits per heavy atom. The minimum Gasteiger partial charge on any atom is -0.493 e. The molecular formula is C19H24ClNO2. The standard InChI is InChI=1S/C19H24ClNO2/c1-5-8-23-19-16(20)10-15(11-18(19)22-4)12-21-17-9-13(2)6-7-14(17)3/h6-7,9-11,21H,5,8,12H2,1-4H3. The number of benzene rings is 2. The first-order valence-corrected chi connectivity index (χ1v) is 8.23. The molecule has 23 heavy (non-hydrogen) atoms. The van der Waals surface area contributed by atoms with Crippen LogP contribution in [0.5, 0.6) is 11.5 Å². The number of rotatable bonds is 7. The summed E-state index contributed by atoms with van der Waals surface area (Å²) in [6.45, 7) is 7.54. The van der Waals surface area contributed by atoms with Crippen molar-refractivity contribution < 1.29 is 9.47 Å². The van der Waals surface area contributed by atoms with Crippen LogP contribution in [0.25, 0.3) is 0 Å². The zero-order chi connectivity index (χ0) is 16.8. The maximum Gasteiger partial charge on any atom is 0.179 e. The molecule has 2 rings (SSSR count). The molecule has 0 spiro atoms. The summed E-state index contributed by atoms with van der Waals surface area (Å²) in [5, 5.41) is 4.04. The van der Waals surface area contributed by atoms with Crippen LogP contribution in [0.4, 0.5) is 5.69 Å². The van der Waals surface area contributed by atoms with Crippen LogP contribution in [-0.4, -0.2) is 13.7 Å². The number of ether oxygens (including phenoxy) is 2. The lowest BCUT2D eigenvalue weighted by molar-refractivity contribution is 0.294. The fourth-order valence-electron chi connectivity index (χ4n) is 2.34. The molecule has 0 saturated heterocycles. The van der Waals surface area contributed by atoms with Gasteiger partial charge in [-0.3, -0.25) is 0 Å². The molecule has 0 heterocycles. The molecule has 0 aromatic heterocycles. The molecule has 0 atom stereocenters. The average Bonchev–Trinajstić information content (AvgIpc) is 2.54. The molecular weight excluding hydrogens is 310 g/mol. The molecule has 0 amide bonds. The van der Waals surface area contributed by atoms with Gasteiger partial charge in [-0.15, -0.1) is 0 Å². The predicted molar refractivity (Wildman–Crippen MR) is 97.0 cm³/mol. The third kappa shape index (κ3) is 4.55. The van der Waals surface area contributed by atoms with E-state index in [-0.39, 0.29) is 0 Å². The lowest BCUT2D eigenvalue weighted by Gasteiger charge is -2.15. The molecule has 124 valence electrons. The number of halogens is 1. The number of hydrogen-bond donors (Lipinski definition) is 1. The Hall–Kier alpha value is -1.87. The first-order valence-electron chi connectivity index (χ1n) is 7.85. The SMILES string of the molecule is CCCOc1c(Cl)cc(CNc2cc(C)ccc2C)cc1OC. The molecule has 0 bridgehead atoms. The van der Waals surface area contributed by atoms with Gasteiger partial charge in [0.2, 0.25) is 0 Å². The van der Waals surface area contributed by atoms with Crippen molar-refractivity contribution in [1.82, 2.24) is 0 Å². The molecule has 0 aliphatic rings. The predicted octanol–water partition coefficient (Wildman–Crippen LogP) is 5.37. The van der Waals surface area contributed by atoms with Crippen LogP contribution in [0, 0.1) is 13.8 Å². The van der Waals surface area contributed by atoms with Crippen molar-refractivity contribution in [3.05, 3.63) is 52.0 Å². The summed E-state index contributed by atoms with van der Waals surface area (Å²) in [4.78, 5) is 0. The third-order valence-corrected chi connectivity index (χ3v) is 3.90. The van der Waals surface area contributed by atoms with Crippen molar-refractivity contribution in [2.45, 2.75) is 33.7 Å². The molecule has 0 aliphatic carbocycles. The molecule has 4 heteroatoms. The Morgan fingerprint density at radius 3 is 2.61 bits per heavy atom. The van der Waals surface area contributed by atoms with Gasteiger partial charge in [-0.1, -0.05) is 30.7 Å². The van der Waals surface area contributed by atoms with Crippen molar-refractivity contribution in [3.63, 3.8) is 0 Å². The van der Waals surface area contributed by atoms with Gasteiger partial charge in [-0.05, 0) is 55.2 Å².